The van der Waals surface area contributed by atoms with Crippen LogP contribution in [-0.4, -0.2) is 34.8 Å². The molecule has 1 aromatic carbocycles. The second-order valence-electron chi connectivity index (χ2n) is 6.73. The number of benzene rings is 1. The van der Waals surface area contributed by atoms with Gasteiger partial charge in [0.15, 0.2) is 0 Å². The number of amides is 4. The van der Waals surface area contributed by atoms with Gasteiger partial charge in [0.2, 0.25) is 5.91 Å². The largest absolute Gasteiger partial charge is 0.325 e. The van der Waals surface area contributed by atoms with Gasteiger partial charge in [-0.25, -0.2) is 13.6 Å². The van der Waals surface area contributed by atoms with E-state index in [2.05, 4.69) is 17.6 Å². The van der Waals surface area contributed by atoms with E-state index in [1.54, 1.807) is 0 Å². The topological polar surface area (TPSA) is 78.5 Å². The Kier molecular flexibility index (Phi) is 4.45. The summed E-state index contributed by atoms with van der Waals surface area (Å²) in [5.41, 5.74) is -1.55. The highest BCUT2D eigenvalue weighted by Crippen LogP contribution is 2.36. The average molecular weight is 351 g/mol. The normalized spacial score (nSPS) is 26.0. The van der Waals surface area contributed by atoms with Crippen molar-refractivity contribution in [2.24, 2.45) is 5.92 Å². The van der Waals surface area contributed by atoms with Crippen molar-refractivity contribution in [3.05, 3.63) is 29.8 Å². The van der Waals surface area contributed by atoms with Crippen molar-refractivity contribution in [2.45, 2.75) is 38.1 Å². The fourth-order valence-electron chi connectivity index (χ4n) is 3.35. The number of para-hydroxylation sites is 1. The molecule has 2 fully saturated rings. The van der Waals surface area contributed by atoms with Crippen LogP contribution in [0.1, 0.15) is 32.6 Å². The van der Waals surface area contributed by atoms with Crippen molar-refractivity contribution in [2.75, 3.05) is 11.9 Å². The van der Waals surface area contributed by atoms with Crippen molar-refractivity contribution in [3.8, 4) is 0 Å². The lowest BCUT2D eigenvalue weighted by molar-refractivity contribution is -0.135. The number of carbonyl (C=O) groups excluding carboxylic acids is 3. The molecular formula is C17H19F2N3O3. The number of carbonyl (C=O) groups is 3. The van der Waals surface area contributed by atoms with Gasteiger partial charge in [0, 0.05) is 0 Å². The maximum atomic E-state index is 13.6. The Morgan fingerprint density at radius 3 is 2.48 bits per heavy atom. The number of nitrogens with one attached hydrogen (secondary N) is 2. The molecule has 6 nitrogen and oxygen atoms in total. The highest BCUT2D eigenvalue weighted by Gasteiger charge is 2.52. The smallest absolute Gasteiger partial charge is 0.323 e. The SMILES string of the molecule is CC1CCC2(CC1)NC(=O)N(CC(=O)Nc1c(F)cccc1F)C2=O. The van der Waals surface area contributed by atoms with E-state index in [1.807, 2.05) is 0 Å². The monoisotopic (exact) mass is 351 g/mol. The van der Waals surface area contributed by atoms with Gasteiger partial charge in [-0.1, -0.05) is 13.0 Å². The van der Waals surface area contributed by atoms with Crippen LogP contribution in [0.5, 0.6) is 0 Å². The molecule has 0 radical (unpaired) electrons. The molecular weight excluding hydrogens is 332 g/mol. The zero-order chi connectivity index (χ0) is 18.2. The van der Waals surface area contributed by atoms with Crippen LogP contribution in [0.15, 0.2) is 18.2 Å². The molecule has 0 atom stereocenters. The van der Waals surface area contributed by atoms with Crippen LogP contribution >= 0.6 is 0 Å². The van der Waals surface area contributed by atoms with E-state index in [4.69, 9.17) is 0 Å². The molecule has 8 heteroatoms. The molecule has 2 aliphatic rings. The summed E-state index contributed by atoms with van der Waals surface area (Å²) in [7, 11) is 0. The lowest BCUT2D eigenvalue weighted by Crippen LogP contribution is -2.49. The van der Waals surface area contributed by atoms with Crippen LogP contribution in [0, 0.1) is 17.6 Å². The Morgan fingerprint density at radius 1 is 1.28 bits per heavy atom. The number of hydrogen-bond acceptors (Lipinski definition) is 3. The van der Waals surface area contributed by atoms with E-state index in [9.17, 15) is 23.2 Å². The van der Waals surface area contributed by atoms with E-state index >= 15 is 0 Å². The molecule has 1 heterocycles. The first-order chi connectivity index (χ1) is 11.8. The number of rotatable bonds is 3. The minimum Gasteiger partial charge on any atom is -0.323 e. The van der Waals surface area contributed by atoms with Crippen LogP contribution < -0.4 is 10.6 Å². The third kappa shape index (κ3) is 3.20. The van der Waals surface area contributed by atoms with E-state index in [0.717, 1.165) is 29.9 Å². The van der Waals surface area contributed by atoms with Crippen molar-refractivity contribution in [1.82, 2.24) is 10.2 Å². The molecule has 0 unspecified atom stereocenters. The van der Waals surface area contributed by atoms with E-state index in [1.165, 1.54) is 6.07 Å². The first-order valence-electron chi connectivity index (χ1n) is 8.20. The Balaban J connectivity index is 1.69. The number of anilines is 1. The summed E-state index contributed by atoms with van der Waals surface area (Å²) in [6.45, 7) is 1.50. The number of halogens is 2. The van der Waals surface area contributed by atoms with E-state index in [-0.39, 0.29) is 0 Å². The molecule has 4 amide bonds. The number of nitrogens with zero attached hydrogens (tertiary/aromatic N) is 1. The standard InChI is InChI=1S/C17H19F2N3O3/c1-10-5-7-17(8-6-10)15(24)22(16(25)21-17)9-13(23)20-14-11(18)3-2-4-12(14)19/h2-4,10H,5-9H2,1H3,(H,20,23)(H,21,25). The van der Waals surface area contributed by atoms with Crippen LogP contribution in [0.2, 0.25) is 0 Å². The molecule has 134 valence electrons. The summed E-state index contributed by atoms with van der Waals surface area (Å²) < 4.78 is 27.2. The first-order valence-corrected chi connectivity index (χ1v) is 8.20. The third-order valence-corrected chi connectivity index (χ3v) is 4.90. The molecule has 0 bridgehead atoms. The van der Waals surface area contributed by atoms with Crippen molar-refractivity contribution >= 4 is 23.5 Å². The number of imide groups is 1. The van der Waals surface area contributed by atoms with Crippen LogP contribution in [-0.2, 0) is 9.59 Å². The number of hydrogen-bond donors (Lipinski definition) is 2. The fraction of sp³-hybridized carbons (Fsp3) is 0.471. The molecule has 3 rings (SSSR count). The second-order valence-corrected chi connectivity index (χ2v) is 6.73. The van der Waals surface area contributed by atoms with Crippen molar-refractivity contribution < 1.29 is 23.2 Å². The maximum absolute atomic E-state index is 13.6. The predicted molar refractivity (Wildman–Crippen MR) is 85.6 cm³/mol. The van der Waals surface area contributed by atoms with Gasteiger partial charge in [-0.05, 0) is 43.7 Å². The molecule has 1 spiro atoms. The molecule has 1 aromatic rings. The van der Waals surface area contributed by atoms with Gasteiger partial charge >= 0.3 is 6.03 Å². The highest BCUT2D eigenvalue weighted by molar-refractivity contribution is 6.10. The van der Waals surface area contributed by atoms with Crippen molar-refractivity contribution in [3.63, 3.8) is 0 Å². The van der Waals surface area contributed by atoms with Gasteiger partial charge < -0.3 is 10.6 Å². The zero-order valence-corrected chi connectivity index (χ0v) is 13.8. The third-order valence-electron chi connectivity index (χ3n) is 4.90. The van der Waals surface area contributed by atoms with Gasteiger partial charge in [0.25, 0.3) is 5.91 Å². The van der Waals surface area contributed by atoms with Crippen LogP contribution in [0.3, 0.4) is 0 Å². The number of urea groups is 1. The molecule has 1 saturated carbocycles. The van der Waals surface area contributed by atoms with Gasteiger partial charge in [0.1, 0.15) is 29.4 Å². The quantitative estimate of drug-likeness (QED) is 0.821. The molecule has 1 aliphatic heterocycles. The Bertz CT molecular complexity index is 710. The molecule has 2 N–H and O–H groups in total. The van der Waals surface area contributed by atoms with E-state index in [0.29, 0.717) is 18.8 Å². The van der Waals surface area contributed by atoms with Crippen molar-refractivity contribution in [1.29, 1.82) is 0 Å². The zero-order valence-electron chi connectivity index (χ0n) is 13.8. The summed E-state index contributed by atoms with van der Waals surface area (Å²) in [5.74, 6) is -2.66. The minimum atomic E-state index is -0.951. The van der Waals surface area contributed by atoms with Crippen LogP contribution in [0.25, 0.3) is 0 Å². The summed E-state index contributed by atoms with van der Waals surface area (Å²) in [4.78, 5) is 37.6. The van der Waals surface area contributed by atoms with Gasteiger partial charge in [-0.15, -0.1) is 0 Å². The van der Waals surface area contributed by atoms with Crippen LogP contribution in [0.4, 0.5) is 19.3 Å². The molecule has 1 saturated heterocycles. The Labute approximate surface area is 143 Å². The Morgan fingerprint density at radius 2 is 1.88 bits per heavy atom. The maximum Gasteiger partial charge on any atom is 0.325 e. The lowest BCUT2D eigenvalue weighted by atomic mass is 9.77. The minimum absolute atomic E-state index is 0.450. The summed E-state index contributed by atoms with van der Waals surface area (Å²) >= 11 is 0. The lowest BCUT2D eigenvalue weighted by Gasteiger charge is -2.33. The second kappa shape index (κ2) is 6.42. The average Bonchev–Trinajstić information content (AvgIpc) is 2.79. The Hall–Kier alpha value is -2.51. The van der Waals surface area contributed by atoms with Gasteiger partial charge in [-0.2, -0.15) is 0 Å². The van der Waals surface area contributed by atoms with E-state index < -0.39 is 47.3 Å². The molecule has 0 aromatic heterocycles. The summed E-state index contributed by atoms with van der Waals surface area (Å²) in [6.07, 6.45) is 2.68. The predicted octanol–water partition coefficient (Wildman–Crippen LogP) is 2.40. The molecule has 25 heavy (non-hydrogen) atoms. The van der Waals surface area contributed by atoms with Gasteiger partial charge in [-0.3, -0.25) is 14.5 Å². The first kappa shape index (κ1) is 17.3. The fourth-order valence-corrected chi connectivity index (χ4v) is 3.35. The summed E-state index contributed by atoms with van der Waals surface area (Å²) in [5, 5.41) is 4.77. The summed E-state index contributed by atoms with van der Waals surface area (Å²) in [6, 6.07) is 2.53. The van der Waals surface area contributed by atoms with Gasteiger partial charge in [0.05, 0.1) is 0 Å². The highest BCUT2D eigenvalue weighted by atomic mass is 19.1. The molecule has 1 aliphatic carbocycles.